The van der Waals surface area contributed by atoms with Gasteiger partial charge in [-0.15, -0.1) is 10.2 Å². The van der Waals surface area contributed by atoms with Gasteiger partial charge >= 0.3 is 0 Å². The maximum atomic E-state index is 12.3. The molecule has 1 N–H and O–H groups in total. The number of halogens is 2. The standard InChI is InChI=1S/C16H15Cl2N5O2/c17-11-1-2-12(18)14(9-11)19-16(25)13-3-4-15(21-20-13)23-7-5-22(10-24)6-8-23/h1-4,9-10H,5-8H2,(H,19,25). The van der Waals surface area contributed by atoms with Crippen LogP contribution in [0.25, 0.3) is 0 Å². The fourth-order valence-electron chi connectivity index (χ4n) is 2.45. The molecular formula is C16H15Cl2N5O2. The van der Waals surface area contributed by atoms with Crippen LogP contribution in [-0.4, -0.2) is 53.6 Å². The monoisotopic (exact) mass is 379 g/mol. The predicted octanol–water partition coefficient (Wildman–Crippen LogP) is 2.31. The highest BCUT2D eigenvalue weighted by Crippen LogP contribution is 2.25. The second-order valence-corrected chi connectivity index (χ2v) is 6.33. The predicted molar refractivity (Wildman–Crippen MR) is 96.3 cm³/mol. The number of amides is 2. The highest BCUT2D eigenvalue weighted by Gasteiger charge is 2.18. The van der Waals surface area contributed by atoms with Gasteiger partial charge < -0.3 is 15.1 Å². The fraction of sp³-hybridized carbons (Fsp3) is 0.250. The molecule has 1 aromatic heterocycles. The maximum absolute atomic E-state index is 12.3. The first-order valence-electron chi connectivity index (χ1n) is 7.61. The minimum atomic E-state index is -0.422. The number of nitrogens with one attached hydrogen (secondary N) is 1. The van der Waals surface area contributed by atoms with Gasteiger partial charge in [-0.2, -0.15) is 0 Å². The van der Waals surface area contributed by atoms with Crippen molar-refractivity contribution in [1.29, 1.82) is 0 Å². The second-order valence-electron chi connectivity index (χ2n) is 5.48. The van der Waals surface area contributed by atoms with E-state index in [-0.39, 0.29) is 5.69 Å². The molecule has 0 radical (unpaired) electrons. The van der Waals surface area contributed by atoms with E-state index < -0.39 is 5.91 Å². The number of piperazine rings is 1. The van der Waals surface area contributed by atoms with Crippen molar-refractivity contribution in [2.75, 3.05) is 36.4 Å². The molecule has 2 amide bonds. The summed E-state index contributed by atoms with van der Waals surface area (Å²) >= 11 is 11.9. The lowest BCUT2D eigenvalue weighted by Crippen LogP contribution is -2.46. The largest absolute Gasteiger partial charge is 0.352 e. The van der Waals surface area contributed by atoms with Gasteiger partial charge in [-0.05, 0) is 30.3 Å². The van der Waals surface area contributed by atoms with Crippen LogP contribution in [0.15, 0.2) is 30.3 Å². The molecule has 2 aromatic rings. The van der Waals surface area contributed by atoms with E-state index in [1.165, 1.54) is 0 Å². The molecule has 1 fully saturated rings. The molecule has 130 valence electrons. The fourth-order valence-corrected chi connectivity index (χ4v) is 2.79. The number of nitrogens with zero attached hydrogens (tertiary/aromatic N) is 4. The van der Waals surface area contributed by atoms with Crippen LogP contribution in [0.5, 0.6) is 0 Å². The number of hydrogen-bond acceptors (Lipinski definition) is 5. The molecule has 25 heavy (non-hydrogen) atoms. The smallest absolute Gasteiger partial charge is 0.276 e. The van der Waals surface area contributed by atoms with Crippen molar-refractivity contribution in [3.05, 3.63) is 46.1 Å². The van der Waals surface area contributed by atoms with E-state index in [9.17, 15) is 9.59 Å². The molecule has 9 heteroatoms. The minimum Gasteiger partial charge on any atom is -0.352 e. The zero-order chi connectivity index (χ0) is 17.8. The summed E-state index contributed by atoms with van der Waals surface area (Å²) in [6.45, 7) is 2.63. The Balaban J connectivity index is 1.66. The van der Waals surface area contributed by atoms with Gasteiger partial charge in [0.2, 0.25) is 6.41 Å². The van der Waals surface area contributed by atoms with Crippen molar-refractivity contribution in [2.24, 2.45) is 0 Å². The van der Waals surface area contributed by atoms with Gasteiger partial charge in [0, 0.05) is 31.2 Å². The van der Waals surface area contributed by atoms with Gasteiger partial charge in [-0.25, -0.2) is 0 Å². The topological polar surface area (TPSA) is 78.4 Å². The number of hydrogen-bond donors (Lipinski definition) is 1. The van der Waals surface area contributed by atoms with E-state index in [4.69, 9.17) is 23.2 Å². The van der Waals surface area contributed by atoms with Crippen molar-refractivity contribution < 1.29 is 9.59 Å². The van der Waals surface area contributed by atoms with E-state index >= 15 is 0 Å². The van der Waals surface area contributed by atoms with Crippen molar-refractivity contribution in [3.8, 4) is 0 Å². The molecule has 2 heterocycles. The van der Waals surface area contributed by atoms with Gasteiger partial charge in [0.05, 0.1) is 10.7 Å². The number of aromatic nitrogens is 2. The van der Waals surface area contributed by atoms with Crippen LogP contribution in [0.3, 0.4) is 0 Å². The van der Waals surface area contributed by atoms with Crippen LogP contribution >= 0.6 is 23.2 Å². The summed E-state index contributed by atoms with van der Waals surface area (Å²) in [7, 11) is 0. The van der Waals surface area contributed by atoms with E-state index in [0.717, 1.165) is 6.41 Å². The lowest BCUT2D eigenvalue weighted by Gasteiger charge is -2.32. The van der Waals surface area contributed by atoms with E-state index in [1.807, 2.05) is 4.90 Å². The van der Waals surface area contributed by atoms with Gasteiger partial charge in [0.25, 0.3) is 5.91 Å². The molecule has 1 aromatic carbocycles. The van der Waals surface area contributed by atoms with Crippen molar-refractivity contribution in [3.63, 3.8) is 0 Å². The van der Waals surface area contributed by atoms with E-state index in [0.29, 0.717) is 47.7 Å². The number of rotatable bonds is 4. The lowest BCUT2D eigenvalue weighted by atomic mass is 10.3. The Labute approximate surface area is 154 Å². The van der Waals surface area contributed by atoms with Crippen LogP contribution in [0, 0.1) is 0 Å². The summed E-state index contributed by atoms with van der Waals surface area (Å²) in [4.78, 5) is 26.7. The zero-order valence-corrected chi connectivity index (χ0v) is 14.7. The molecule has 0 spiro atoms. The average Bonchev–Trinajstić information content (AvgIpc) is 2.65. The highest BCUT2D eigenvalue weighted by atomic mass is 35.5. The van der Waals surface area contributed by atoms with E-state index in [1.54, 1.807) is 35.2 Å². The Hall–Kier alpha value is -2.38. The van der Waals surface area contributed by atoms with Crippen molar-refractivity contribution >= 4 is 47.0 Å². The normalized spacial score (nSPS) is 14.3. The first-order chi connectivity index (χ1) is 12.1. The summed E-state index contributed by atoms with van der Waals surface area (Å²) in [5.74, 6) is 0.247. The third-order valence-corrected chi connectivity index (χ3v) is 4.41. The third-order valence-electron chi connectivity index (χ3n) is 3.85. The molecule has 1 aliphatic rings. The number of benzene rings is 1. The van der Waals surface area contributed by atoms with Crippen LogP contribution in [0.4, 0.5) is 11.5 Å². The molecule has 0 unspecified atom stereocenters. The first kappa shape index (κ1) is 17.4. The van der Waals surface area contributed by atoms with Gasteiger partial charge in [-0.1, -0.05) is 23.2 Å². The first-order valence-corrected chi connectivity index (χ1v) is 8.37. The molecular weight excluding hydrogens is 365 g/mol. The summed E-state index contributed by atoms with van der Waals surface area (Å²) in [6.07, 6.45) is 0.845. The number of carbonyl (C=O) groups is 2. The molecule has 1 aliphatic heterocycles. The quantitative estimate of drug-likeness (QED) is 0.824. The van der Waals surface area contributed by atoms with Gasteiger partial charge in [0.15, 0.2) is 11.5 Å². The van der Waals surface area contributed by atoms with Crippen LogP contribution in [0.2, 0.25) is 10.0 Å². The van der Waals surface area contributed by atoms with Crippen molar-refractivity contribution in [1.82, 2.24) is 15.1 Å². The Morgan fingerprint density at radius 3 is 2.48 bits per heavy atom. The summed E-state index contributed by atoms with van der Waals surface area (Å²) < 4.78 is 0. The van der Waals surface area contributed by atoms with Crippen molar-refractivity contribution in [2.45, 2.75) is 0 Å². The summed E-state index contributed by atoms with van der Waals surface area (Å²) in [5, 5.41) is 11.6. The average molecular weight is 380 g/mol. The Morgan fingerprint density at radius 2 is 1.84 bits per heavy atom. The second kappa shape index (κ2) is 7.67. The molecule has 3 rings (SSSR count). The highest BCUT2D eigenvalue weighted by molar-refractivity contribution is 6.35. The molecule has 0 aliphatic carbocycles. The Bertz CT molecular complexity index is 777. The zero-order valence-electron chi connectivity index (χ0n) is 13.2. The number of carbonyl (C=O) groups excluding carboxylic acids is 2. The molecule has 0 saturated carbocycles. The van der Waals surface area contributed by atoms with Gasteiger partial charge in [-0.3, -0.25) is 9.59 Å². The molecule has 1 saturated heterocycles. The van der Waals surface area contributed by atoms with Crippen LogP contribution < -0.4 is 10.2 Å². The Kier molecular flexibility index (Phi) is 5.35. The number of anilines is 2. The maximum Gasteiger partial charge on any atom is 0.276 e. The van der Waals surface area contributed by atoms with Crippen LogP contribution in [-0.2, 0) is 4.79 Å². The van der Waals surface area contributed by atoms with Crippen LogP contribution in [0.1, 0.15) is 10.5 Å². The molecule has 0 bridgehead atoms. The summed E-state index contributed by atoms with van der Waals surface area (Å²) in [5.41, 5.74) is 0.585. The lowest BCUT2D eigenvalue weighted by molar-refractivity contribution is -0.118. The molecule has 7 nitrogen and oxygen atoms in total. The molecule has 0 atom stereocenters. The Morgan fingerprint density at radius 1 is 1.08 bits per heavy atom. The SMILES string of the molecule is O=CN1CCN(c2ccc(C(=O)Nc3cc(Cl)ccc3Cl)nn2)CC1. The minimum absolute atomic E-state index is 0.173. The third kappa shape index (κ3) is 4.18. The van der Waals surface area contributed by atoms with E-state index in [2.05, 4.69) is 15.5 Å². The van der Waals surface area contributed by atoms with Gasteiger partial charge in [0.1, 0.15) is 0 Å². The summed E-state index contributed by atoms with van der Waals surface area (Å²) in [6, 6.07) is 8.14.